The van der Waals surface area contributed by atoms with Gasteiger partial charge in [-0.3, -0.25) is 0 Å². The van der Waals surface area contributed by atoms with Gasteiger partial charge in [0.2, 0.25) is 0 Å². The molecule has 37 valence electrons. The first-order chi connectivity index (χ1) is 2.41. The van der Waals surface area contributed by atoms with Gasteiger partial charge in [-0.05, 0) is 6.42 Å². The minimum atomic E-state index is 0. The van der Waals surface area contributed by atoms with E-state index in [1.807, 2.05) is 0 Å². The van der Waals surface area contributed by atoms with Crippen molar-refractivity contribution in [2.45, 2.75) is 26.7 Å². The summed E-state index contributed by atoms with van der Waals surface area (Å²) < 4.78 is 0. The van der Waals surface area contributed by atoms with E-state index in [1.54, 1.807) is 0 Å². The van der Waals surface area contributed by atoms with Gasteiger partial charge in [0.15, 0.2) is 0 Å². The first-order valence-electron chi connectivity index (χ1n) is 2.23. The molecule has 0 aliphatic carbocycles. The van der Waals surface area contributed by atoms with Gasteiger partial charge >= 0.3 is 25.8 Å². The molecule has 0 aromatic heterocycles. The van der Waals surface area contributed by atoms with Crippen LogP contribution in [0, 0.1) is 6.42 Å². The molecule has 0 atom stereocenters. The van der Waals surface area contributed by atoms with E-state index in [1.165, 1.54) is 12.8 Å². The molecule has 0 saturated carbocycles. The molecule has 0 aromatic rings. The predicted octanol–water partition coefficient (Wildman–Crippen LogP) is 0.827. The summed E-state index contributed by atoms with van der Waals surface area (Å²) in [6.45, 7) is 4.31. The van der Waals surface area contributed by atoms with E-state index < -0.39 is 0 Å². The van der Waals surface area contributed by atoms with Crippen molar-refractivity contribution in [2.75, 3.05) is 0 Å². The van der Waals surface area contributed by atoms with Gasteiger partial charge in [-0.1, -0.05) is 26.7 Å². The van der Waals surface area contributed by atoms with Gasteiger partial charge in [0.05, 0.1) is 0 Å². The molecule has 0 rings (SSSR count). The Labute approximate surface area is 59.1 Å². The molecular weight excluding hydrogens is 175 g/mol. The van der Waals surface area contributed by atoms with Crippen LogP contribution in [-0.2, 0) is 0 Å². The molecular formula is C5H14In. The van der Waals surface area contributed by atoms with Crippen LogP contribution in [0.15, 0.2) is 0 Å². The molecule has 0 spiro atoms. The Morgan fingerprint density at radius 3 is 1.50 bits per heavy atom. The minimum absolute atomic E-state index is 0. The van der Waals surface area contributed by atoms with Crippen molar-refractivity contribution < 1.29 is 0 Å². The zero-order chi connectivity index (χ0) is 4.12. The fourth-order valence-corrected chi connectivity index (χ4v) is 0.289. The van der Waals surface area contributed by atoms with Crippen LogP contribution in [0.25, 0.3) is 0 Å². The van der Waals surface area contributed by atoms with Crippen molar-refractivity contribution >= 4 is 25.8 Å². The molecule has 0 bridgehead atoms. The molecule has 0 saturated heterocycles. The van der Waals surface area contributed by atoms with Gasteiger partial charge in [-0.15, -0.1) is 0 Å². The topological polar surface area (TPSA) is 0 Å². The molecule has 1 radical (unpaired) electrons. The number of hydrogen-bond donors (Lipinski definition) is 0. The first kappa shape index (κ1) is 9.98. The first-order valence-corrected chi connectivity index (χ1v) is 2.23. The Hall–Kier alpha value is 0.870. The Kier molecular flexibility index (Phi) is 15.5. The van der Waals surface area contributed by atoms with Crippen LogP contribution in [0.3, 0.4) is 0 Å². The van der Waals surface area contributed by atoms with E-state index >= 15 is 0 Å². The quantitative estimate of drug-likeness (QED) is 0.603. The van der Waals surface area contributed by atoms with E-state index in [4.69, 9.17) is 0 Å². The van der Waals surface area contributed by atoms with Crippen LogP contribution in [0.4, 0.5) is 0 Å². The molecule has 0 amide bonds. The molecule has 0 nitrogen and oxygen atoms in total. The van der Waals surface area contributed by atoms with Gasteiger partial charge in [-0.2, -0.15) is 0 Å². The molecule has 0 aliphatic rings. The number of rotatable bonds is 2. The Bertz CT molecular complexity index is 11.4. The fourth-order valence-electron chi connectivity index (χ4n) is 0.289. The zero-order valence-corrected chi connectivity index (χ0v) is 3.99. The van der Waals surface area contributed by atoms with E-state index in [9.17, 15) is 0 Å². The van der Waals surface area contributed by atoms with Crippen LogP contribution in [0.2, 0.25) is 0 Å². The second-order valence-electron chi connectivity index (χ2n) is 1.11. The maximum atomic E-state index is 2.25. The van der Waals surface area contributed by atoms with Gasteiger partial charge < -0.3 is 0 Å². The van der Waals surface area contributed by atoms with Crippen LogP contribution in [0.5, 0.6) is 0 Å². The van der Waals surface area contributed by atoms with Crippen LogP contribution in [0.1, 0.15) is 26.7 Å². The number of hydrogen-bond acceptors (Lipinski definition) is 0. The third-order valence-corrected chi connectivity index (χ3v) is 0.577. The predicted molar refractivity (Wildman–Crippen MR) is 34.8 cm³/mol. The summed E-state index contributed by atoms with van der Waals surface area (Å²) in [4.78, 5) is 0. The van der Waals surface area contributed by atoms with Crippen molar-refractivity contribution in [2.24, 2.45) is 0 Å². The Balaban J connectivity index is 0. The SMILES string of the molecule is CC[CH]CC.[InH3]. The second-order valence-corrected chi connectivity index (χ2v) is 1.11. The molecule has 0 heterocycles. The van der Waals surface area contributed by atoms with Crippen LogP contribution in [-0.4, -0.2) is 25.8 Å². The summed E-state index contributed by atoms with van der Waals surface area (Å²) in [5, 5.41) is 0. The zero-order valence-electron chi connectivity index (χ0n) is 3.99. The summed E-state index contributed by atoms with van der Waals surface area (Å²) in [5.41, 5.74) is 0. The molecule has 6 heavy (non-hydrogen) atoms. The van der Waals surface area contributed by atoms with Crippen molar-refractivity contribution in [3.8, 4) is 0 Å². The normalized spacial score (nSPS) is 7.00. The Morgan fingerprint density at radius 2 is 1.50 bits per heavy atom. The second kappa shape index (κ2) is 9.30. The van der Waals surface area contributed by atoms with Gasteiger partial charge in [0.1, 0.15) is 0 Å². The standard InChI is InChI=1S/C5H11.In.3H/c1-3-5-4-2;;;;/h5H,3-4H2,1-2H3;;;;. The monoisotopic (exact) mass is 189 g/mol. The third-order valence-electron chi connectivity index (χ3n) is 0.577. The Morgan fingerprint density at radius 1 is 1.17 bits per heavy atom. The average Bonchev–Trinajstić information content (AvgIpc) is 1.41. The summed E-state index contributed by atoms with van der Waals surface area (Å²) in [6.07, 6.45) is 4.69. The summed E-state index contributed by atoms with van der Waals surface area (Å²) in [5.74, 6) is 0. The molecule has 1 heteroatoms. The summed E-state index contributed by atoms with van der Waals surface area (Å²) in [7, 11) is 0. The van der Waals surface area contributed by atoms with E-state index in [0.717, 1.165) is 0 Å². The van der Waals surface area contributed by atoms with E-state index in [-0.39, 0.29) is 25.8 Å². The van der Waals surface area contributed by atoms with Crippen molar-refractivity contribution in [1.82, 2.24) is 0 Å². The van der Waals surface area contributed by atoms with Gasteiger partial charge in [-0.25, -0.2) is 0 Å². The molecule has 0 unspecified atom stereocenters. The third kappa shape index (κ3) is 8.85. The van der Waals surface area contributed by atoms with Gasteiger partial charge in [0, 0.05) is 0 Å². The molecule has 0 aromatic carbocycles. The summed E-state index contributed by atoms with van der Waals surface area (Å²) >= 11 is 0. The summed E-state index contributed by atoms with van der Waals surface area (Å²) in [6, 6.07) is 0. The molecule has 0 fully saturated rings. The van der Waals surface area contributed by atoms with Crippen molar-refractivity contribution in [1.29, 1.82) is 0 Å². The maximum absolute atomic E-state index is 2.25. The number of unbranched alkanes of at least 4 members (excludes halogenated alkanes) is 2. The average molecular weight is 189 g/mol. The molecule has 0 N–H and O–H groups in total. The van der Waals surface area contributed by atoms with Crippen LogP contribution >= 0.6 is 0 Å². The van der Waals surface area contributed by atoms with E-state index in [2.05, 4.69) is 20.3 Å². The van der Waals surface area contributed by atoms with Crippen LogP contribution < -0.4 is 0 Å². The van der Waals surface area contributed by atoms with Gasteiger partial charge in [0.25, 0.3) is 0 Å². The van der Waals surface area contributed by atoms with Crippen molar-refractivity contribution in [3.05, 3.63) is 6.42 Å². The molecule has 0 aliphatic heterocycles. The van der Waals surface area contributed by atoms with E-state index in [0.29, 0.717) is 0 Å². The van der Waals surface area contributed by atoms with Crippen molar-refractivity contribution in [3.63, 3.8) is 0 Å². The fraction of sp³-hybridized carbons (Fsp3) is 0.800.